The van der Waals surface area contributed by atoms with Crippen LogP contribution in [0.15, 0.2) is 94.9 Å². The van der Waals surface area contributed by atoms with Crippen molar-refractivity contribution in [3.8, 4) is 0 Å². The van der Waals surface area contributed by atoms with Crippen LogP contribution in [0.4, 0.5) is 11.4 Å². The summed E-state index contributed by atoms with van der Waals surface area (Å²) in [5.41, 5.74) is 3.31. The topological polar surface area (TPSA) is 135 Å². The molecule has 0 aliphatic rings. The highest BCUT2D eigenvalue weighted by molar-refractivity contribution is 7.92. The van der Waals surface area contributed by atoms with E-state index in [9.17, 15) is 23.3 Å². The van der Waals surface area contributed by atoms with E-state index in [1.54, 1.807) is 24.3 Å². The van der Waals surface area contributed by atoms with E-state index in [4.69, 9.17) is 11.6 Å². The van der Waals surface area contributed by atoms with E-state index in [0.717, 1.165) is 21.8 Å². The Morgan fingerprint density at radius 2 is 1.72 bits per heavy atom. The first-order valence-corrected chi connectivity index (χ1v) is 12.3. The molecule has 0 atom stereocenters. The number of nitro groups is 1. The highest BCUT2D eigenvalue weighted by Gasteiger charge is 2.27. The number of anilines is 1. The van der Waals surface area contributed by atoms with Gasteiger partial charge in [0.15, 0.2) is 0 Å². The predicted octanol–water partition coefficient (Wildman–Crippen LogP) is 4.14. The van der Waals surface area contributed by atoms with Crippen molar-refractivity contribution in [3.05, 3.63) is 106 Å². The van der Waals surface area contributed by atoms with Gasteiger partial charge in [0.05, 0.1) is 27.2 Å². The molecule has 0 spiro atoms. The van der Waals surface area contributed by atoms with Crippen molar-refractivity contribution in [2.24, 2.45) is 5.10 Å². The average Bonchev–Trinajstić information content (AvgIpc) is 2.88. The van der Waals surface area contributed by atoms with Gasteiger partial charge in [0.2, 0.25) is 0 Å². The number of fused-ring (bicyclic) bond motifs is 1. The molecule has 0 unspecified atom stereocenters. The van der Waals surface area contributed by atoms with E-state index in [1.165, 1.54) is 30.5 Å². The number of halogens is 1. The standard InChI is InChI=1S/C24H18ClN5O5S/c25-24-18(14-17-6-4-5-9-22(17)27-24)15-26-28-23(31)16-29(19-10-12-20(13-11-19)30(32)33)36(34,35)21-7-2-1-3-8-21/h1-15H,16H2,(H,28,31)/b26-15-. The lowest BCUT2D eigenvalue weighted by Crippen LogP contribution is -2.39. The number of hydrogen-bond donors (Lipinski definition) is 1. The van der Waals surface area contributed by atoms with Crippen molar-refractivity contribution in [3.63, 3.8) is 0 Å². The zero-order valence-electron chi connectivity index (χ0n) is 18.5. The fraction of sp³-hybridized carbons (Fsp3) is 0.0417. The van der Waals surface area contributed by atoms with Gasteiger partial charge in [0.1, 0.15) is 11.7 Å². The summed E-state index contributed by atoms with van der Waals surface area (Å²) in [6.45, 7) is -0.629. The monoisotopic (exact) mass is 523 g/mol. The Balaban J connectivity index is 1.57. The van der Waals surface area contributed by atoms with Gasteiger partial charge in [-0.25, -0.2) is 18.8 Å². The van der Waals surface area contributed by atoms with Gasteiger partial charge < -0.3 is 0 Å². The average molecular weight is 524 g/mol. The van der Waals surface area contributed by atoms with Crippen molar-refractivity contribution in [2.75, 3.05) is 10.8 Å². The number of non-ortho nitro benzene ring substituents is 1. The molecule has 12 heteroatoms. The minimum absolute atomic E-state index is 0.0475. The molecule has 10 nitrogen and oxygen atoms in total. The summed E-state index contributed by atoms with van der Waals surface area (Å²) >= 11 is 6.20. The number of hydrazone groups is 1. The second kappa shape index (κ2) is 10.5. The smallest absolute Gasteiger partial charge is 0.269 e. The van der Waals surface area contributed by atoms with Gasteiger partial charge in [-0.15, -0.1) is 0 Å². The molecule has 36 heavy (non-hydrogen) atoms. The maximum absolute atomic E-state index is 13.3. The third kappa shape index (κ3) is 5.48. The summed E-state index contributed by atoms with van der Waals surface area (Å²) in [4.78, 5) is 27.3. The summed E-state index contributed by atoms with van der Waals surface area (Å²) in [5, 5.41) is 15.9. The second-order valence-electron chi connectivity index (χ2n) is 7.45. The zero-order chi connectivity index (χ0) is 25.7. The van der Waals surface area contributed by atoms with Crippen LogP contribution in [0, 0.1) is 10.1 Å². The van der Waals surface area contributed by atoms with Crippen molar-refractivity contribution in [2.45, 2.75) is 4.90 Å². The lowest BCUT2D eigenvalue weighted by atomic mass is 10.2. The molecule has 0 bridgehead atoms. The maximum Gasteiger partial charge on any atom is 0.269 e. The number of aromatic nitrogens is 1. The molecule has 1 amide bonds. The Bertz CT molecular complexity index is 1560. The Kier molecular flexibility index (Phi) is 7.23. The molecule has 182 valence electrons. The summed E-state index contributed by atoms with van der Waals surface area (Å²) in [6, 6.07) is 21.5. The number of hydrogen-bond acceptors (Lipinski definition) is 7. The quantitative estimate of drug-likeness (QED) is 0.159. The first-order valence-electron chi connectivity index (χ1n) is 10.4. The van der Waals surface area contributed by atoms with Crippen molar-refractivity contribution in [1.82, 2.24) is 10.4 Å². The molecule has 1 aromatic heterocycles. The number of para-hydroxylation sites is 1. The van der Waals surface area contributed by atoms with E-state index in [1.807, 2.05) is 24.3 Å². The molecule has 0 radical (unpaired) electrons. The number of nitrogens with one attached hydrogen (secondary N) is 1. The van der Waals surface area contributed by atoms with Crippen molar-refractivity contribution < 1.29 is 18.1 Å². The Morgan fingerprint density at radius 1 is 1.06 bits per heavy atom. The molecule has 3 aromatic carbocycles. The number of sulfonamides is 1. The molecule has 4 aromatic rings. The predicted molar refractivity (Wildman–Crippen MR) is 137 cm³/mol. The van der Waals surface area contributed by atoms with E-state index >= 15 is 0 Å². The Morgan fingerprint density at radius 3 is 2.42 bits per heavy atom. The molecule has 0 aliphatic carbocycles. The number of amides is 1. The summed E-state index contributed by atoms with van der Waals surface area (Å²) in [5.74, 6) is -0.742. The minimum Gasteiger partial charge on any atom is -0.271 e. The summed E-state index contributed by atoms with van der Waals surface area (Å²) < 4.78 is 27.4. The SMILES string of the molecule is O=C(CN(c1ccc([N+](=O)[O-])cc1)S(=O)(=O)c1ccccc1)N/N=C\c1cc2ccccc2nc1Cl. The second-order valence-corrected chi connectivity index (χ2v) is 9.67. The fourth-order valence-electron chi connectivity index (χ4n) is 3.31. The number of pyridine rings is 1. The van der Waals surface area contributed by atoms with E-state index in [2.05, 4.69) is 15.5 Å². The van der Waals surface area contributed by atoms with Gasteiger partial charge in [-0.2, -0.15) is 5.10 Å². The van der Waals surface area contributed by atoms with Crippen molar-refractivity contribution >= 4 is 56.0 Å². The Labute approximate surface area is 211 Å². The van der Waals surface area contributed by atoms with Crippen LogP contribution < -0.4 is 9.73 Å². The highest BCUT2D eigenvalue weighted by atomic mass is 35.5. The molecule has 4 rings (SSSR count). The van der Waals surface area contributed by atoms with Gasteiger partial charge in [0.25, 0.3) is 21.6 Å². The van der Waals surface area contributed by atoms with Gasteiger partial charge >= 0.3 is 0 Å². The first-order chi connectivity index (χ1) is 17.3. The molecule has 1 N–H and O–H groups in total. The Hall–Kier alpha value is -4.35. The number of nitrogens with zero attached hydrogens (tertiary/aromatic N) is 4. The number of benzene rings is 3. The minimum atomic E-state index is -4.17. The van der Waals surface area contributed by atoms with Crippen LogP contribution >= 0.6 is 11.6 Å². The number of carbonyl (C=O) groups excluding carboxylic acids is 1. The first kappa shape index (κ1) is 24.8. The van der Waals surface area contributed by atoms with Crippen LogP contribution in [-0.2, 0) is 14.8 Å². The number of nitro benzene ring substituents is 1. The lowest BCUT2D eigenvalue weighted by Gasteiger charge is -2.23. The summed E-state index contributed by atoms with van der Waals surface area (Å²) in [6.07, 6.45) is 1.31. The van der Waals surface area contributed by atoms with Gasteiger partial charge in [-0.05, 0) is 36.4 Å². The highest BCUT2D eigenvalue weighted by Crippen LogP contribution is 2.25. The van der Waals surface area contributed by atoms with Gasteiger partial charge in [-0.3, -0.25) is 19.2 Å². The molecule has 0 saturated heterocycles. The van der Waals surface area contributed by atoms with Gasteiger partial charge in [-0.1, -0.05) is 48.0 Å². The van der Waals surface area contributed by atoms with Crippen LogP contribution in [0.25, 0.3) is 10.9 Å². The molecular formula is C24H18ClN5O5S. The number of rotatable bonds is 8. The van der Waals surface area contributed by atoms with E-state index in [0.29, 0.717) is 11.1 Å². The molecule has 1 heterocycles. The van der Waals surface area contributed by atoms with Crippen LogP contribution in [0.3, 0.4) is 0 Å². The molecule has 0 fully saturated rings. The zero-order valence-corrected chi connectivity index (χ0v) is 20.1. The third-order valence-electron chi connectivity index (χ3n) is 5.06. The molecular weight excluding hydrogens is 506 g/mol. The lowest BCUT2D eigenvalue weighted by molar-refractivity contribution is -0.384. The van der Waals surface area contributed by atoms with Crippen LogP contribution in [-0.4, -0.2) is 37.0 Å². The van der Waals surface area contributed by atoms with Crippen LogP contribution in [0.1, 0.15) is 5.56 Å². The van der Waals surface area contributed by atoms with Crippen molar-refractivity contribution in [1.29, 1.82) is 0 Å². The molecule has 0 saturated carbocycles. The normalized spacial score (nSPS) is 11.5. The fourth-order valence-corrected chi connectivity index (χ4v) is 4.95. The number of carbonyl (C=O) groups is 1. The third-order valence-corrected chi connectivity index (χ3v) is 7.16. The van der Waals surface area contributed by atoms with E-state index < -0.39 is 27.4 Å². The largest absolute Gasteiger partial charge is 0.271 e. The maximum atomic E-state index is 13.3. The van der Waals surface area contributed by atoms with E-state index in [-0.39, 0.29) is 21.4 Å². The van der Waals surface area contributed by atoms with Crippen LogP contribution in [0.2, 0.25) is 5.15 Å². The van der Waals surface area contributed by atoms with Crippen LogP contribution in [0.5, 0.6) is 0 Å². The molecule has 0 aliphatic heterocycles. The van der Waals surface area contributed by atoms with Gasteiger partial charge in [0, 0.05) is 23.1 Å². The summed E-state index contributed by atoms with van der Waals surface area (Å²) in [7, 11) is -4.17.